The molecule has 1 N–H and O–H groups in total. The van der Waals surface area contributed by atoms with Gasteiger partial charge in [0.15, 0.2) is 6.61 Å². The van der Waals surface area contributed by atoms with Gasteiger partial charge in [-0.25, -0.2) is 0 Å². The maximum absolute atomic E-state index is 12.4. The van der Waals surface area contributed by atoms with Crippen LogP contribution in [0.25, 0.3) is 0 Å². The lowest BCUT2D eigenvalue weighted by atomic mass is 10.1. The summed E-state index contributed by atoms with van der Waals surface area (Å²) in [5.41, 5.74) is 1.08. The molecule has 21 heavy (non-hydrogen) atoms. The summed E-state index contributed by atoms with van der Waals surface area (Å²) < 4.78 is 10.5. The van der Waals surface area contributed by atoms with Crippen molar-refractivity contribution in [2.45, 2.75) is 6.54 Å². The summed E-state index contributed by atoms with van der Waals surface area (Å²) in [6, 6.07) is 8.56. The van der Waals surface area contributed by atoms with E-state index in [0.717, 1.165) is 0 Å². The number of nitrogens with zero attached hydrogens (tertiary/aromatic N) is 1. The molecule has 2 amide bonds. The SMILES string of the molecule is CN(Cc1ccco1)C(=O)c1ccc2c(c1)OCC(=O)N2. The van der Waals surface area contributed by atoms with E-state index in [4.69, 9.17) is 9.15 Å². The Morgan fingerprint density at radius 1 is 1.38 bits per heavy atom. The number of carbonyl (C=O) groups excluding carboxylic acids is 2. The van der Waals surface area contributed by atoms with Crippen molar-refractivity contribution in [2.75, 3.05) is 19.0 Å². The van der Waals surface area contributed by atoms with Crippen LogP contribution < -0.4 is 10.1 Å². The first-order chi connectivity index (χ1) is 10.1. The minimum atomic E-state index is -0.198. The van der Waals surface area contributed by atoms with Crippen LogP contribution >= 0.6 is 0 Å². The molecule has 2 heterocycles. The van der Waals surface area contributed by atoms with E-state index in [2.05, 4.69) is 5.32 Å². The number of fused-ring (bicyclic) bond motifs is 1. The van der Waals surface area contributed by atoms with Crippen LogP contribution in [0.5, 0.6) is 5.75 Å². The highest BCUT2D eigenvalue weighted by molar-refractivity contribution is 5.98. The predicted octanol–water partition coefficient (Wildman–Crippen LogP) is 1.88. The molecule has 0 unspecified atom stereocenters. The minimum Gasteiger partial charge on any atom is -0.482 e. The third-order valence-corrected chi connectivity index (χ3v) is 3.18. The van der Waals surface area contributed by atoms with Crippen LogP contribution in [0.2, 0.25) is 0 Å². The van der Waals surface area contributed by atoms with Crippen LogP contribution in [0.4, 0.5) is 5.69 Å². The fourth-order valence-corrected chi connectivity index (χ4v) is 2.14. The molecule has 3 rings (SSSR count). The summed E-state index contributed by atoms with van der Waals surface area (Å²) >= 11 is 0. The Bertz CT molecular complexity index is 679. The molecular weight excluding hydrogens is 272 g/mol. The number of rotatable bonds is 3. The van der Waals surface area contributed by atoms with Crippen molar-refractivity contribution in [1.29, 1.82) is 0 Å². The largest absolute Gasteiger partial charge is 0.482 e. The summed E-state index contributed by atoms with van der Waals surface area (Å²) in [7, 11) is 1.70. The molecule has 1 aliphatic heterocycles. The average Bonchev–Trinajstić information content (AvgIpc) is 2.98. The molecule has 1 aromatic heterocycles. The van der Waals surface area contributed by atoms with Gasteiger partial charge in [-0.3, -0.25) is 9.59 Å². The molecule has 1 aromatic carbocycles. The Kier molecular flexibility index (Phi) is 3.35. The molecule has 0 fully saturated rings. The van der Waals surface area contributed by atoms with Gasteiger partial charge >= 0.3 is 0 Å². The summed E-state index contributed by atoms with van der Waals surface area (Å²) in [5.74, 6) is 0.880. The van der Waals surface area contributed by atoms with Crippen molar-refractivity contribution in [1.82, 2.24) is 4.90 Å². The Balaban J connectivity index is 1.77. The highest BCUT2D eigenvalue weighted by atomic mass is 16.5. The molecule has 6 heteroatoms. The zero-order valence-electron chi connectivity index (χ0n) is 11.5. The van der Waals surface area contributed by atoms with E-state index in [1.54, 1.807) is 42.5 Å². The van der Waals surface area contributed by atoms with Crippen molar-refractivity contribution in [3.8, 4) is 5.75 Å². The number of amides is 2. The molecule has 2 aromatic rings. The van der Waals surface area contributed by atoms with Crippen LogP contribution in [-0.2, 0) is 11.3 Å². The molecule has 1 aliphatic rings. The minimum absolute atomic E-state index is 0.0348. The molecule has 0 bridgehead atoms. The first kappa shape index (κ1) is 13.2. The molecule has 0 saturated heterocycles. The number of ether oxygens (including phenoxy) is 1. The number of anilines is 1. The van der Waals surface area contributed by atoms with Gasteiger partial charge in [-0.2, -0.15) is 0 Å². The van der Waals surface area contributed by atoms with E-state index in [0.29, 0.717) is 29.3 Å². The summed E-state index contributed by atoms with van der Waals surface area (Å²) in [4.78, 5) is 25.1. The summed E-state index contributed by atoms with van der Waals surface area (Å²) in [5, 5.41) is 2.69. The van der Waals surface area contributed by atoms with Gasteiger partial charge in [-0.1, -0.05) is 0 Å². The van der Waals surface area contributed by atoms with Crippen LogP contribution in [-0.4, -0.2) is 30.4 Å². The quantitative estimate of drug-likeness (QED) is 0.935. The van der Waals surface area contributed by atoms with E-state index in [9.17, 15) is 9.59 Å². The Hall–Kier alpha value is -2.76. The van der Waals surface area contributed by atoms with Gasteiger partial charge in [0.05, 0.1) is 18.5 Å². The summed E-state index contributed by atoms with van der Waals surface area (Å²) in [6.45, 7) is 0.355. The smallest absolute Gasteiger partial charge is 0.262 e. The second kappa shape index (κ2) is 5.32. The van der Waals surface area contributed by atoms with Gasteiger partial charge in [-0.05, 0) is 30.3 Å². The zero-order chi connectivity index (χ0) is 14.8. The number of benzene rings is 1. The van der Waals surface area contributed by atoms with Crippen molar-refractivity contribution >= 4 is 17.5 Å². The predicted molar refractivity (Wildman–Crippen MR) is 75.1 cm³/mol. The van der Waals surface area contributed by atoms with Crippen LogP contribution in [0.15, 0.2) is 41.0 Å². The van der Waals surface area contributed by atoms with Crippen molar-refractivity contribution in [3.05, 3.63) is 47.9 Å². The lowest BCUT2D eigenvalue weighted by Gasteiger charge is -2.20. The maximum atomic E-state index is 12.4. The lowest BCUT2D eigenvalue weighted by molar-refractivity contribution is -0.118. The first-order valence-electron chi connectivity index (χ1n) is 6.48. The highest BCUT2D eigenvalue weighted by Crippen LogP contribution is 2.29. The molecule has 0 atom stereocenters. The molecule has 108 valence electrons. The Labute approximate surface area is 121 Å². The fraction of sp³-hybridized carbons (Fsp3) is 0.200. The Morgan fingerprint density at radius 2 is 2.24 bits per heavy atom. The topological polar surface area (TPSA) is 71.8 Å². The van der Waals surface area contributed by atoms with Gasteiger partial charge < -0.3 is 19.4 Å². The van der Waals surface area contributed by atoms with Gasteiger partial charge in [0, 0.05) is 12.6 Å². The maximum Gasteiger partial charge on any atom is 0.262 e. The standard InChI is InChI=1S/C15H14N2O4/c1-17(8-11-3-2-6-20-11)15(19)10-4-5-12-13(7-10)21-9-14(18)16-12/h2-7H,8-9H2,1H3,(H,16,18). The van der Waals surface area contributed by atoms with E-state index in [1.807, 2.05) is 6.07 Å². The average molecular weight is 286 g/mol. The van der Waals surface area contributed by atoms with E-state index in [1.165, 1.54) is 0 Å². The normalized spacial score (nSPS) is 13.1. The molecule has 0 radical (unpaired) electrons. The van der Waals surface area contributed by atoms with Crippen molar-refractivity contribution in [3.63, 3.8) is 0 Å². The van der Waals surface area contributed by atoms with Gasteiger partial charge in [-0.15, -0.1) is 0 Å². The van der Waals surface area contributed by atoms with Gasteiger partial charge in [0.1, 0.15) is 11.5 Å². The monoisotopic (exact) mass is 286 g/mol. The van der Waals surface area contributed by atoms with Crippen LogP contribution in [0.1, 0.15) is 16.1 Å². The van der Waals surface area contributed by atoms with E-state index >= 15 is 0 Å². The molecule has 6 nitrogen and oxygen atoms in total. The second-order valence-corrected chi connectivity index (χ2v) is 4.79. The number of nitrogens with one attached hydrogen (secondary N) is 1. The Morgan fingerprint density at radius 3 is 3.00 bits per heavy atom. The molecule has 0 spiro atoms. The number of hydrogen-bond donors (Lipinski definition) is 1. The van der Waals surface area contributed by atoms with Gasteiger partial charge in [0.2, 0.25) is 0 Å². The first-order valence-corrected chi connectivity index (χ1v) is 6.48. The third-order valence-electron chi connectivity index (χ3n) is 3.18. The number of carbonyl (C=O) groups is 2. The highest BCUT2D eigenvalue weighted by Gasteiger charge is 2.19. The third kappa shape index (κ3) is 2.74. The van der Waals surface area contributed by atoms with Crippen LogP contribution in [0, 0.1) is 0 Å². The molecular formula is C15H14N2O4. The number of furan rings is 1. The molecule has 0 aliphatic carbocycles. The van der Waals surface area contributed by atoms with E-state index in [-0.39, 0.29) is 18.4 Å². The van der Waals surface area contributed by atoms with Crippen molar-refractivity contribution in [2.24, 2.45) is 0 Å². The lowest BCUT2D eigenvalue weighted by Crippen LogP contribution is -2.28. The zero-order valence-corrected chi connectivity index (χ0v) is 11.5. The number of hydrogen-bond acceptors (Lipinski definition) is 4. The van der Waals surface area contributed by atoms with Crippen molar-refractivity contribution < 1.29 is 18.7 Å². The molecule has 0 saturated carbocycles. The van der Waals surface area contributed by atoms with E-state index < -0.39 is 0 Å². The second-order valence-electron chi connectivity index (χ2n) is 4.79. The van der Waals surface area contributed by atoms with Crippen LogP contribution in [0.3, 0.4) is 0 Å². The summed E-state index contributed by atoms with van der Waals surface area (Å²) in [6.07, 6.45) is 1.57. The van der Waals surface area contributed by atoms with Gasteiger partial charge in [0.25, 0.3) is 11.8 Å². The fourth-order valence-electron chi connectivity index (χ4n) is 2.14.